The number of rotatable bonds is 3. The Morgan fingerprint density at radius 1 is 1.75 bits per heavy atom. The van der Waals surface area contributed by atoms with Gasteiger partial charge in [0, 0.05) is 18.6 Å². The van der Waals surface area contributed by atoms with E-state index in [9.17, 15) is 4.79 Å². The van der Waals surface area contributed by atoms with Gasteiger partial charge in [-0.3, -0.25) is 4.79 Å². The molecule has 0 aliphatic carbocycles. The van der Waals surface area contributed by atoms with Gasteiger partial charge in [-0.1, -0.05) is 0 Å². The summed E-state index contributed by atoms with van der Waals surface area (Å²) in [5.74, 6) is 0.481. The third kappa shape index (κ3) is 2.46. The number of likely N-dealkylation sites (N-methyl/N-ethyl adjacent to an activating group) is 1. The van der Waals surface area contributed by atoms with Crippen molar-refractivity contribution in [2.45, 2.75) is 6.92 Å². The molecule has 5 nitrogen and oxygen atoms in total. The van der Waals surface area contributed by atoms with Crippen LogP contribution >= 0.6 is 11.5 Å². The molecule has 0 unspecified atom stereocenters. The monoisotopic (exact) mass is 187 g/mol. The van der Waals surface area contributed by atoms with Crippen LogP contribution in [0.15, 0.2) is 0 Å². The number of aryl methyl sites for hydroxylation is 1. The van der Waals surface area contributed by atoms with Gasteiger partial charge in [0.1, 0.15) is 5.82 Å². The molecular formula is C6H9N3O2S. The van der Waals surface area contributed by atoms with Gasteiger partial charge in [0.25, 0.3) is 11.1 Å². The second kappa shape index (κ2) is 4.01. The number of hydrogen-bond acceptors (Lipinski definition) is 5. The molecule has 0 aliphatic rings. The molecule has 1 amide bonds. The van der Waals surface area contributed by atoms with Crippen LogP contribution in [0.4, 0.5) is 0 Å². The lowest BCUT2D eigenvalue weighted by atomic mass is 10.7. The number of amides is 1. The van der Waals surface area contributed by atoms with Crippen LogP contribution in [0, 0.1) is 6.92 Å². The summed E-state index contributed by atoms with van der Waals surface area (Å²) in [7, 11) is 1.55. The minimum atomic E-state index is -0.178. The molecule has 0 spiro atoms. The van der Waals surface area contributed by atoms with Crippen LogP contribution in [-0.2, 0) is 4.79 Å². The Bertz CT molecular complexity index is 274. The van der Waals surface area contributed by atoms with Crippen molar-refractivity contribution in [2.75, 3.05) is 13.7 Å². The molecule has 12 heavy (non-hydrogen) atoms. The zero-order chi connectivity index (χ0) is 8.97. The smallest absolute Gasteiger partial charge is 0.293 e. The second-order valence-corrected chi connectivity index (χ2v) is 2.78. The van der Waals surface area contributed by atoms with Crippen LogP contribution in [-0.4, -0.2) is 28.9 Å². The van der Waals surface area contributed by atoms with Crippen LogP contribution < -0.4 is 10.1 Å². The first-order valence-electron chi connectivity index (χ1n) is 3.36. The van der Waals surface area contributed by atoms with Crippen LogP contribution in [0.2, 0.25) is 0 Å². The highest BCUT2D eigenvalue weighted by atomic mass is 32.1. The molecule has 1 aromatic rings. The summed E-state index contributed by atoms with van der Waals surface area (Å²) < 4.78 is 8.91. The van der Waals surface area contributed by atoms with Gasteiger partial charge in [-0.2, -0.15) is 9.36 Å². The average Bonchev–Trinajstić information content (AvgIpc) is 2.47. The molecule has 1 N–H and O–H groups in total. The lowest BCUT2D eigenvalue weighted by molar-refractivity contribution is -0.122. The molecule has 6 heteroatoms. The first kappa shape index (κ1) is 8.92. The second-order valence-electron chi connectivity index (χ2n) is 2.07. The van der Waals surface area contributed by atoms with E-state index in [2.05, 4.69) is 14.7 Å². The number of aromatic nitrogens is 2. The fourth-order valence-corrected chi connectivity index (χ4v) is 1.07. The van der Waals surface area contributed by atoms with Crippen LogP contribution in [0.5, 0.6) is 5.19 Å². The number of ether oxygens (including phenoxy) is 1. The minimum Gasteiger partial charge on any atom is -0.459 e. The zero-order valence-electron chi connectivity index (χ0n) is 6.83. The number of carbonyl (C=O) groups is 1. The summed E-state index contributed by atoms with van der Waals surface area (Å²) in [5.41, 5.74) is 0. The van der Waals surface area contributed by atoms with Crippen LogP contribution in [0.25, 0.3) is 0 Å². The summed E-state index contributed by atoms with van der Waals surface area (Å²) in [6.07, 6.45) is 0. The number of nitrogens with one attached hydrogen (secondary N) is 1. The Morgan fingerprint density at radius 3 is 3.00 bits per heavy atom. The van der Waals surface area contributed by atoms with Crippen molar-refractivity contribution < 1.29 is 9.53 Å². The van der Waals surface area contributed by atoms with E-state index in [0.717, 1.165) is 11.5 Å². The van der Waals surface area contributed by atoms with E-state index in [0.29, 0.717) is 11.0 Å². The fraction of sp³-hybridized carbons (Fsp3) is 0.500. The Hall–Kier alpha value is -1.17. The number of nitrogens with zero attached hydrogens (tertiary/aromatic N) is 2. The van der Waals surface area contributed by atoms with Gasteiger partial charge < -0.3 is 10.1 Å². The molecule has 1 aromatic heterocycles. The molecule has 1 heterocycles. The molecule has 0 atom stereocenters. The third-order valence-electron chi connectivity index (χ3n) is 1.11. The summed E-state index contributed by atoms with van der Waals surface area (Å²) in [5, 5.41) is 2.86. The fourth-order valence-electron chi connectivity index (χ4n) is 0.536. The Kier molecular flexibility index (Phi) is 2.98. The van der Waals surface area contributed by atoms with E-state index in [1.54, 1.807) is 14.0 Å². The van der Waals surface area contributed by atoms with E-state index in [1.165, 1.54) is 0 Å². The summed E-state index contributed by atoms with van der Waals surface area (Å²) in [4.78, 5) is 14.6. The maximum absolute atomic E-state index is 10.7. The van der Waals surface area contributed by atoms with Crippen molar-refractivity contribution in [1.29, 1.82) is 0 Å². The Labute approximate surface area is 73.9 Å². The lowest BCUT2D eigenvalue weighted by Crippen LogP contribution is -2.24. The molecule has 66 valence electrons. The van der Waals surface area contributed by atoms with Gasteiger partial charge in [0.05, 0.1) is 0 Å². The average molecular weight is 187 g/mol. The molecule has 0 saturated heterocycles. The maximum Gasteiger partial charge on any atom is 0.293 e. The molecule has 0 bridgehead atoms. The topological polar surface area (TPSA) is 64.1 Å². The molecule has 0 aliphatic heterocycles. The van der Waals surface area contributed by atoms with Crippen molar-refractivity contribution in [2.24, 2.45) is 0 Å². The highest BCUT2D eigenvalue weighted by Gasteiger charge is 2.03. The van der Waals surface area contributed by atoms with Gasteiger partial charge in [0.2, 0.25) is 0 Å². The van der Waals surface area contributed by atoms with Gasteiger partial charge in [0.15, 0.2) is 6.61 Å². The first-order chi connectivity index (χ1) is 5.72. The summed E-state index contributed by atoms with van der Waals surface area (Å²) in [6, 6.07) is 0. The first-order valence-corrected chi connectivity index (χ1v) is 4.13. The predicted octanol–water partition coefficient (Wildman–Crippen LogP) is -0.0287. The molecule has 0 radical (unpaired) electrons. The zero-order valence-corrected chi connectivity index (χ0v) is 7.64. The van der Waals surface area contributed by atoms with E-state index in [1.807, 2.05) is 0 Å². The van der Waals surface area contributed by atoms with Crippen molar-refractivity contribution in [3.05, 3.63) is 5.82 Å². The summed E-state index contributed by atoms with van der Waals surface area (Å²) in [6.45, 7) is 1.76. The van der Waals surface area contributed by atoms with Crippen LogP contribution in [0.1, 0.15) is 5.82 Å². The Balaban J connectivity index is 2.38. The molecule has 0 aromatic carbocycles. The molecule has 0 fully saturated rings. The Morgan fingerprint density at radius 2 is 2.50 bits per heavy atom. The normalized spacial score (nSPS) is 9.50. The van der Waals surface area contributed by atoms with Gasteiger partial charge in [-0.25, -0.2) is 0 Å². The SMILES string of the molecule is CNC(=O)COc1nc(C)ns1. The minimum absolute atomic E-state index is 0.00880. The van der Waals surface area contributed by atoms with E-state index < -0.39 is 0 Å². The highest BCUT2D eigenvalue weighted by molar-refractivity contribution is 7.07. The van der Waals surface area contributed by atoms with Crippen molar-refractivity contribution in [3.8, 4) is 5.19 Å². The third-order valence-corrected chi connectivity index (χ3v) is 1.84. The van der Waals surface area contributed by atoms with Gasteiger partial charge in [-0.15, -0.1) is 0 Å². The van der Waals surface area contributed by atoms with Crippen LogP contribution in [0.3, 0.4) is 0 Å². The van der Waals surface area contributed by atoms with Crippen molar-refractivity contribution in [3.63, 3.8) is 0 Å². The molecule has 0 saturated carbocycles. The molecular weight excluding hydrogens is 178 g/mol. The standard InChI is InChI=1S/C6H9N3O2S/c1-4-8-6(12-9-4)11-3-5(10)7-2/h3H2,1-2H3,(H,7,10). The van der Waals surface area contributed by atoms with E-state index in [-0.39, 0.29) is 12.5 Å². The quantitative estimate of drug-likeness (QED) is 0.721. The summed E-state index contributed by atoms with van der Waals surface area (Å²) >= 11 is 1.14. The lowest BCUT2D eigenvalue weighted by Gasteiger charge is -1.98. The maximum atomic E-state index is 10.7. The van der Waals surface area contributed by atoms with E-state index in [4.69, 9.17) is 4.74 Å². The van der Waals surface area contributed by atoms with Gasteiger partial charge >= 0.3 is 0 Å². The van der Waals surface area contributed by atoms with E-state index >= 15 is 0 Å². The highest BCUT2D eigenvalue weighted by Crippen LogP contribution is 2.12. The van der Waals surface area contributed by atoms with Crippen molar-refractivity contribution in [1.82, 2.24) is 14.7 Å². The number of hydrogen-bond donors (Lipinski definition) is 1. The van der Waals surface area contributed by atoms with Crippen molar-refractivity contribution >= 4 is 17.4 Å². The van der Waals surface area contributed by atoms with Gasteiger partial charge in [-0.05, 0) is 6.92 Å². The molecule has 1 rings (SSSR count). The predicted molar refractivity (Wildman–Crippen MR) is 44.2 cm³/mol. The number of carbonyl (C=O) groups excluding carboxylic acids is 1. The largest absolute Gasteiger partial charge is 0.459 e.